The van der Waals surface area contributed by atoms with Crippen LogP contribution in [0.15, 0.2) is 42.7 Å². The second kappa shape index (κ2) is 7.92. The Kier molecular flexibility index (Phi) is 5.43. The molecule has 0 fully saturated rings. The molecule has 0 aliphatic heterocycles. The molecule has 3 rings (SSSR count). The summed E-state index contributed by atoms with van der Waals surface area (Å²) in [5, 5.41) is 5.69. The number of anilines is 1. The van der Waals surface area contributed by atoms with Crippen LogP contribution < -0.4 is 10.1 Å². The SMILES string of the molecule is CCC[C@@H](C)Nc1nc(C)ncc1OCc1nccc2ccccc12. The van der Waals surface area contributed by atoms with E-state index in [4.69, 9.17) is 4.74 Å². The Bertz CT molecular complexity index is 845. The van der Waals surface area contributed by atoms with Crippen LogP contribution in [0.5, 0.6) is 5.75 Å². The lowest BCUT2D eigenvalue weighted by atomic mass is 10.1. The molecule has 0 saturated heterocycles. The lowest BCUT2D eigenvalue weighted by Crippen LogP contribution is -2.17. The van der Waals surface area contributed by atoms with Gasteiger partial charge in [0.2, 0.25) is 0 Å². The quantitative estimate of drug-likeness (QED) is 0.688. The highest BCUT2D eigenvalue weighted by molar-refractivity contribution is 5.84. The topological polar surface area (TPSA) is 59.9 Å². The van der Waals surface area contributed by atoms with E-state index in [1.54, 1.807) is 6.20 Å². The van der Waals surface area contributed by atoms with Gasteiger partial charge in [-0.3, -0.25) is 4.98 Å². The average Bonchev–Trinajstić information content (AvgIpc) is 2.61. The molecule has 1 aromatic carbocycles. The summed E-state index contributed by atoms with van der Waals surface area (Å²) in [7, 11) is 0. The van der Waals surface area contributed by atoms with Crippen molar-refractivity contribution in [2.75, 3.05) is 5.32 Å². The van der Waals surface area contributed by atoms with Crippen molar-refractivity contribution < 1.29 is 4.74 Å². The molecule has 0 saturated carbocycles. The highest BCUT2D eigenvalue weighted by Crippen LogP contribution is 2.24. The van der Waals surface area contributed by atoms with Crippen molar-refractivity contribution in [2.24, 2.45) is 0 Å². The van der Waals surface area contributed by atoms with Gasteiger partial charge in [-0.1, -0.05) is 37.6 Å². The van der Waals surface area contributed by atoms with Gasteiger partial charge in [0.15, 0.2) is 11.6 Å². The third-order valence-corrected chi connectivity index (χ3v) is 4.10. The van der Waals surface area contributed by atoms with E-state index in [2.05, 4.69) is 46.2 Å². The fourth-order valence-corrected chi connectivity index (χ4v) is 2.85. The van der Waals surface area contributed by atoms with Crippen molar-refractivity contribution in [1.29, 1.82) is 0 Å². The first-order valence-electron chi connectivity index (χ1n) is 8.73. The van der Waals surface area contributed by atoms with Gasteiger partial charge in [-0.05, 0) is 31.7 Å². The Labute approximate surface area is 148 Å². The molecule has 1 atom stereocenters. The average molecular weight is 336 g/mol. The van der Waals surface area contributed by atoms with Crippen LogP contribution >= 0.6 is 0 Å². The number of hydrogen-bond donors (Lipinski definition) is 1. The van der Waals surface area contributed by atoms with Crippen molar-refractivity contribution in [3.8, 4) is 5.75 Å². The summed E-state index contributed by atoms with van der Waals surface area (Å²) in [6.45, 7) is 6.58. The van der Waals surface area contributed by atoms with E-state index in [0.717, 1.165) is 41.0 Å². The zero-order valence-corrected chi connectivity index (χ0v) is 15.0. The third kappa shape index (κ3) is 4.24. The normalized spacial score (nSPS) is 12.1. The Morgan fingerprint density at radius 1 is 1.16 bits per heavy atom. The molecule has 0 bridgehead atoms. The zero-order chi connectivity index (χ0) is 17.6. The minimum atomic E-state index is 0.331. The number of nitrogens with one attached hydrogen (secondary N) is 1. The maximum absolute atomic E-state index is 6.02. The van der Waals surface area contributed by atoms with Crippen LogP contribution in [-0.4, -0.2) is 21.0 Å². The number of pyridine rings is 1. The number of aryl methyl sites for hydroxylation is 1. The molecule has 0 aliphatic rings. The Balaban J connectivity index is 1.80. The van der Waals surface area contributed by atoms with Crippen LogP contribution in [0.25, 0.3) is 10.8 Å². The van der Waals surface area contributed by atoms with Gasteiger partial charge in [-0.2, -0.15) is 0 Å². The fraction of sp³-hybridized carbons (Fsp3) is 0.350. The summed E-state index contributed by atoms with van der Waals surface area (Å²) < 4.78 is 6.02. The Morgan fingerprint density at radius 2 is 2.00 bits per heavy atom. The van der Waals surface area contributed by atoms with E-state index < -0.39 is 0 Å². The first kappa shape index (κ1) is 17.1. The van der Waals surface area contributed by atoms with E-state index in [1.807, 2.05) is 31.3 Å². The summed E-state index contributed by atoms with van der Waals surface area (Å²) in [4.78, 5) is 13.2. The predicted molar refractivity (Wildman–Crippen MR) is 101 cm³/mol. The molecule has 5 heteroatoms. The molecule has 0 radical (unpaired) electrons. The highest BCUT2D eigenvalue weighted by Gasteiger charge is 2.11. The van der Waals surface area contributed by atoms with Crippen molar-refractivity contribution in [2.45, 2.75) is 46.3 Å². The summed E-state index contributed by atoms with van der Waals surface area (Å²) in [5.74, 6) is 2.12. The first-order valence-corrected chi connectivity index (χ1v) is 8.73. The standard InChI is InChI=1S/C20H24N4O/c1-4-7-14(2)23-20-19(12-22-15(3)24-20)25-13-18-17-9-6-5-8-16(17)10-11-21-18/h5-6,8-12,14H,4,7,13H2,1-3H3,(H,22,23,24)/t14-/m1/s1. The highest BCUT2D eigenvalue weighted by atomic mass is 16.5. The third-order valence-electron chi connectivity index (χ3n) is 4.10. The molecule has 5 nitrogen and oxygen atoms in total. The molecule has 25 heavy (non-hydrogen) atoms. The second-order valence-electron chi connectivity index (χ2n) is 6.23. The molecular formula is C20H24N4O. The molecule has 0 unspecified atom stereocenters. The minimum absolute atomic E-state index is 0.331. The monoisotopic (exact) mass is 336 g/mol. The summed E-state index contributed by atoms with van der Waals surface area (Å²) in [5.41, 5.74) is 0.909. The van der Waals surface area contributed by atoms with Crippen molar-refractivity contribution in [3.05, 3.63) is 54.2 Å². The van der Waals surface area contributed by atoms with Gasteiger partial charge in [0, 0.05) is 17.6 Å². The van der Waals surface area contributed by atoms with Gasteiger partial charge in [-0.15, -0.1) is 0 Å². The summed E-state index contributed by atoms with van der Waals surface area (Å²) >= 11 is 0. The first-order chi connectivity index (χ1) is 12.2. The molecular weight excluding hydrogens is 312 g/mol. The molecule has 0 spiro atoms. The number of hydrogen-bond acceptors (Lipinski definition) is 5. The smallest absolute Gasteiger partial charge is 0.180 e. The van der Waals surface area contributed by atoms with Crippen LogP contribution in [0.2, 0.25) is 0 Å². The van der Waals surface area contributed by atoms with E-state index in [-0.39, 0.29) is 0 Å². The lowest BCUT2D eigenvalue weighted by Gasteiger charge is -2.17. The van der Waals surface area contributed by atoms with E-state index in [9.17, 15) is 0 Å². The van der Waals surface area contributed by atoms with Gasteiger partial charge < -0.3 is 10.1 Å². The number of ether oxygens (including phenoxy) is 1. The Morgan fingerprint density at radius 3 is 2.84 bits per heavy atom. The van der Waals surface area contributed by atoms with Crippen molar-refractivity contribution in [1.82, 2.24) is 15.0 Å². The van der Waals surface area contributed by atoms with E-state index in [1.165, 1.54) is 0 Å². The van der Waals surface area contributed by atoms with Crippen LogP contribution in [-0.2, 0) is 6.61 Å². The van der Waals surface area contributed by atoms with Crippen molar-refractivity contribution in [3.63, 3.8) is 0 Å². The molecule has 1 N–H and O–H groups in total. The number of aromatic nitrogens is 3. The maximum Gasteiger partial charge on any atom is 0.180 e. The largest absolute Gasteiger partial charge is 0.482 e. The molecule has 2 aromatic heterocycles. The fourth-order valence-electron chi connectivity index (χ4n) is 2.85. The van der Waals surface area contributed by atoms with E-state index >= 15 is 0 Å². The van der Waals surface area contributed by atoms with Crippen LogP contribution in [0.3, 0.4) is 0 Å². The van der Waals surface area contributed by atoms with E-state index in [0.29, 0.717) is 18.4 Å². The number of nitrogens with zero attached hydrogens (tertiary/aromatic N) is 3. The lowest BCUT2D eigenvalue weighted by molar-refractivity contribution is 0.301. The van der Waals surface area contributed by atoms with Crippen molar-refractivity contribution >= 4 is 16.6 Å². The predicted octanol–water partition coefficient (Wildman–Crippen LogP) is 4.51. The van der Waals surface area contributed by atoms with Crippen LogP contribution in [0.4, 0.5) is 5.82 Å². The zero-order valence-electron chi connectivity index (χ0n) is 15.0. The molecule has 3 aromatic rings. The summed E-state index contributed by atoms with van der Waals surface area (Å²) in [6, 6.07) is 10.5. The van der Waals surface area contributed by atoms with Crippen LogP contribution in [0, 0.1) is 6.92 Å². The molecule has 0 aliphatic carbocycles. The maximum atomic E-state index is 6.02. The number of rotatable bonds is 7. The number of fused-ring (bicyclic) bond motifs is 1. The molecule has 130 valence electrons. The van der Waals surface area contributed by atoms with Gasteiger partial charge in [0.1, 0.15) is 12.4 Å². The second-order valence-corrected chi connectivity index (χ2v) is 6.23. The summed E-state index contributed by atoms with van der Waals surface area (Å²) in [6.07, 6.45) is 5.74. The molecule has 2 heterocycles. The van der Waals surface area contributed by atoms with Gasteiger partial charge in [-0.25, -0.2) is 9.97 Å². The number of benzene rings is 1. The van der Waals surface area contributed by atoms with Gasteiger partial charge in [0.05, 0.1) is 11.9 Å². The van der Waals surface area contributed by atoms with Gasteiger partial charge >= 0.3 is 0 Å². The van der Waals surface area contributed by atoms with Gasteiger partial charge in [0.25, 0.3) is 0 Å². The Hall–Kier alpha value is -2.69. The molecule has 0 amide bonds. The van der Waals surface area contributed by atoms with Crippen LogP contribution in [0.1, 0.15) is 38.2 Å². The minimum Gasteiger partial charge on any atom is -0.482 e.